The molecule has 0 aliphatic rings. The highest BCUT2D eigenvalue weighted by Gasteiger charge is 2.19. The molecule has 0 radical (unpaired) electrons. The summed E-state index contributed by atoms with van der Waals surface area (Å²) in [5, 5.41) is 6.73. The summed E-state index contributed by atoms with van der Waals surface area (Å²) in [6.07, 6.45) is 0.653. The monoisotopic (exact) mass is 321 g/mol. The third kappa shape index (κ3) is 3.54. The lowest BCUT2D eigenvalue weighted by atomic mass is 10.1. The zero-order chi connectivity index (χ0) is 16.3. The van der Waals surface area contributed by atoms with Gasteiger partial charge >= 0.3 is 0 Å². The molecule has 0 unspecified atom stereocenters. The SMILES string of the molecule is CC(=O)NCCc1ccc(S(=O)(=O)n2nc(C)cc2C)cc1. The van der Waals surface area contributed by atoms with Crippen LogP contribution in [0.2, 0.25) is 0 Å². The van der Waals surface area contributed by atoms with Crippen LogP contribution in [0.15, 0.2) is 35.2 Å². The quantitative estimate of drug-likeness (QED) is 0.903. The Morgan fingerprint density at radius 1 is 1.23 bits per heavy atom. The molecule has 118 valence electrons. The van der Waals surface area contributed by atoms with E-state index in [9.17, 15) is 13.2 Å². The van der Waals surface area contributed by atoms with Crippen molar-refractivity contribution in [2.24, 2.45) is 0 Å². The highest BCUT2D eigenvalue weighted by Crippen LogP contribution is 2.16. The van der Waals surface area contributed by atoms with E-state index in [4.69, 9.17) is 0 Å². The van der Waals surface area contributed by atoms with Gasteiger partial charge in [0.15, 0.2) is 0 Å². The summed E-state index contributed by atoms with van der Waals surface area (Å²) in [7, 11) is -3.66. The number of hydrogen-bond acceptors (Lipinski definition) is 4. The Kier molecular flexibility index (Phi) is 4.65. The Balaban J connectivity index is 2.19. The maximum Gasteiger partial charge on any atom is 0.283 e. The van der Waals surface area contributed by atoms with Crippen LogP contribution >= 0.6 is 0 Å². The number of amides is 1. The van der Waals surface area contributed by atoms with Gasteiger partial charge in [0.05, 0.1) is 16.3 Å². The first kappa shape index (κ1) is 16.2. The molecule has 1 aromatic heterocycles. The zero-order valence-electron chi connectivity index (χ0n) is 12.8. The maximum atomic E-state index is 12.5. The fourth-order valence-electron chi connectivity index (χ4n) is 2.16. The Bertz CT molecular complexity index is 777. The van der Waals surface area contributed by atoms with E-state index in [2.05, 4.69) is 10.4 Å². The molecule has 1 aromatic carbocycles. The minimum Gasteiger partial charge on any atom is -0.356 e. The van der Waals surface area contributed by atoms with Crippen molar-refractivity contribution in [3.05, 3.63) is 47.3 Å². The summed E-state index contributed by atoms with van der Waals surface area (Å²) in [6, 6.07) is 8.35. The summed E-state index contributed by atoms with van der Waals surface area (Å²) < 4.78 is 26.1. The van der Waals surface area contributed by atoms with E-state index in [-0.39, 0.29) is 10.8 Å². The first-order valence-corrected chi connectivity index (χ1v) is 8.37. The molecule has 0 aliphatic heterocycles. The van der Waals surface area contributed by atoms with E-state index in [1.807, 2.05) is 0 Å². The van der Waals surface area contributed by atoms with E-state index in [0.29, 0.717) is 24.4 Å². The number of benzene rings is 1. The fourth-order valence-corrected chi connectivity index (χ4v) is 3.51. The van der Waals surface area contributed by atoms with Crippen LogP contribution in [-0.2, 0) is 21.2 Å². The summed E-state index contributed by atoms with van der Waals surface area (Å²) in [5.41, 5.74) is 2.20. The number of carbonyl (C=O) groups excluding carboxylic acids is 1. The Morgan fingerprint density at radius 3 is 2.36 bits per heavy atom. The predicted molar refractivity (Wildman–Crippen MR) is 83.1 cm³/mol. The maximum absolute atomic E-state index is 12.5. The van der Waals surface area contributed by atoms with Gasteiger partial charge in [0.25, 0.3) is 10.0 Å². The molecule has 0 fully saturated rings. The number of rotatable bonds is 5. The first-order valence-electron chi connectivity index (χ1n) is 6.93. The van der Waals surface area contributed by atoms with Crippen molar-refractivity contribution in [3.63, 3.8) is 0 Å². The summed E-state index contributed by atoms with van der Waals surface area (Å²) in [6.45, 7) is 5.45. The third-order valence-electron chi connectivity index (χ3n) is 3.20. The van der Waals surface area contributed by atoms with Crippen molar-refractivity contribution in [2.75, 3.05) is 6.54 Å². The third-order valence-corrected chi connectivity index (χ3v) is 4.90. The van der Waals surface area contributed by atoms with Gasteiger partial charge in [0.2, 0.25) is 5.91 Å². The molecular weight excluding hydrogens is 302 g/mol. The number of aromatic nitrogens is 2. The number of aryl methyl sites for hydroxylation is 2. The molecule has 0 saturated carbocycles. The normalized spacial score (nSPS) is 11.4. The largest absolute Gasteiger partial charge is 0.356 e. The molecule has 1 amide bonds. The lowest BCUT2D eigenvalue weighted by molar-refractivity contribution is -0.118. The minimum atomic E-state index is -3.66. The van der Waals surface area contributed by atoms with Crippen molar-refractivity contribution in [2.45, 2.75) is 32.1 Å². The van der Waals surface area contributed by atoms with Crippen molar-refractivity contribution >= 4 is 15.9 Å². The van der Waals surface area contributed by atoms with Crippen LogP contribution in [0.5, 0.6) is 0 Å². The van der Waals surface area contributed by atoms with Crippen LogP contribution in [0.3, 0.4) is 0 Å². The summed E-state index contributed by atoms with van der Waals surface area (Å²) in [4.78, 5) is 11.0. The van der Waals surface area contributed by atoms with Gasteiger partial charge in [0, 0.05) is 13.5 Å². The average molecular weight is 321 g/mol. The van der Waals surface area contributed by atoms with Crippen LogP contribution in [0.25, 0.3) is 0 Å². The van der Waals surface area contributed by atoms with Gasteiger partial charge in [-0.3, -0.25) is 4.79 Å². The summed E-state index contributed by atoms with van der Waals surface area (Å²) in [5.74, 6) is -0.0799. The van der Waals surface area contributed by atoms with Gasteiger partial charge in [-0.1, -0.05) is 12.1 Å². The zero-order valence-corrected chi connectivity index (χ0v) is 13.6. The van der Waals surface area contributed by atoms with Crippen molar-refractivity contribution in [1.82, 2.24) is 14.5 Å². The van der Waals surface area contributed by atoms with Crippen molar-refractivity contribution in [1.29, 1.82) is 0 Å². The smallest absolute Gasteiger partial charge is 0.283 e. The molecule has 6 nitrogen and oxygen atoms in total. The second-order valence-electron chi connectivity index (χ2n) is 5.15. The van der Waals surface area contributed by atoms with Crippen LogP contribution in [-0.4, -0.2) is 30.1 Å². The molecule has 0 spiro atoms. The Morgan fingerprint density at radius 2 is 1.86 bits per heavy atom. The van der Waals surface area contributed by atoms with Gasteiger partial charge < -0.3 is 5.32 Å². The van der Waals surface area contributed by atoms with E-state index in [1.165, 1.54) is 6.92 Å². The van der Waals surface area contributed by atoms with Crippen LogP contribution < -0.4 is 5.32 Å². The number of hydrogen-bond donors (Lipinski definition) is 1. The lowest BCUT2D eigenvalue weighted by Gasteiger charge is -2.08. The van der Waals surface area contributed by atoms with Crippen LogP contribution in [0, 0.1) is 13.8 Å². The van der Waals surface area contributed by atoms with E-state index >= 15 is 0 Å². The molecular formula is C15H19N3O3S. The molecule has 2 aromatic rings. The number of nitrogens with zero attached hydrogens (tertiary/aromatic N) is 2. The lowest BCUT2D eigenvalue weighted by Crippen LogP contribution is -2.22. The number of nitrogens with one attached hydrogen (secondary N) is 1. The molecule has 1 heterocycles. The second-order valence-corrected chi connectivity index (χ2v) is 6.92. The Labute approximate surface area is 130 Å². The highest BCUT2D eigenvalue weighted by molar-refractivity contribution is 7.89. The molecule has 0 aliphatic carbocycles. The molecule has 1 N–H and O–H groups in total. The first-order chi connectivity index (χ1) is 10.3. The van der Waals surface area contributed by atoms with Crippen LogP contribution in [0.1, 0.15) is 23.9 Å². The van der Waals surface area contributed by atoms with Gasteiger partial charge in [-0.2, -0.15) is 17.6 Å². The van der Waals surface area contributed by atoms with Crippen molar-refractivity contribution < 1.29 is 13.2 Å². The molecule has 7 heteroatoms. The molecule has 0 saturated heterocycles. The van der Waals surface area contributed by atoms with E-state index in [1.54, 1.807) is 44.2 Å². The van der Waals surface area contributed by atoms with Gasteiger partial charge in [-0.15, -0.1) is 0 Å². The second kappa shape index (κ2) is 6.31. The minimum absolute atomic E-state index is 0.0799. The van der Waals surface area contributed by atoms with E-state index in [0.717, 1.165) is 9.65 Å². The summed E-state index contributed by atoms with van der Waals surface area (Å²) >= 11 is 0. The number of carbonyl (C=O) groups is 1. The van der Waals surface area contributed by atoms with Gasteiger partial charge in [-0.25, -0.2) is 0 Å². The molecule has 2 rings (SSSR count). The van der Waals surface area contributed by atoms with Crippen molar-refractivity contribution in [3.8, 4) is 0 Å². The Hall–Kier alpha value is -2.15. The molecule has 0 atom stereocenters. The van der Waals surface area contributed by atoms with Crippen LogP contribution in [0.4, 0.5) is 0 Å². The topological polar surface area (TPSA) is 81.1 Å². The van der Waals surface area contributed by atoms with Gasteiger partial charge in [-0.05, 0) is 44.0 Å². The molecule has 0 bridgehead atoms. The molecule has 22 heavy (non-hydrogen) atoms. The van der Waals surface area contributed by atoms with E-state index < -0.39 is 10.0 Å². The van der Waals surface area contributed by atoms with Gasteiger partial charge in [0.1, 0.15) is 0 Å². The predicted octanol–water partition coefficient (Wildman–Crippen LogP) is 1.42. The highest BCUT2D eigenvalue weighted by atomic mass is 32.2. The fraction of sp³-hybridized carbons (Fsp3) is 0.333. The standard InChI is InChI=1S/C15H19N3O3S/c1-11-10-12(2)18(17-11)22(20,21)15-6-4-14(5-7-15)8-9-16-13(3)19/h4-7,10H,8-9H2,1-3H3,(H,16,19). The average Bonchev–Trinajstić information content (AvgIpc) is 2.78.